The Labute approximate surface area is 109 Å². The second-order valence-corrected chi connectivity index (χ2v) is 3.73. The van der Waals surface area contributed by atoms with Crippen LogP contribution in [0.4, 0.5) is 8.78 Å². The van der Waals surface area contributed by atoms with Crippen molar-refractivity contribution in [2.24, 2.45) is 0 Å². The third-order valence-electron chi connectivity index (χ3n) is 2.05. The summed E-state index contributed by atoms with van der Waals surface area (Å²) in [6.45, 7) is 1.70. The minimum absolute atomic E-state index is 0.205. The van der Waals surface area contributed by atoms with E-state index in [9.17, 15) is 8.78 Å². The van der Waals surface area contributed by atoms with Crippen LogP contribution in [0.2, 0.25) is 5.02 Å². The van der Waals surface area contributed by atoms with E-state index in [1.807, 2.05) is 6.92 Å². The first-order valence-electron chi connectivity index (χ1n) is 4.86. The van der Waals surface area contributed by atoms with Crippen LogP contribution in [0.25, 0.3) is 0 Å². The van der Waals surface area contributed by atoms with Crippen LogP contribution in [0.1, 0.15) is 12.5 Å². The maximum absolute atomic E-state index is 11.8. The van der Waals surface area contributed by atoms with E-state index in [0.717, 1.165) is 5.56 Å². The fourth-order valence-corrected chi connectivity index (χ4v) is 1.81. The highest BCUT2D eigenvalue weighted by molar-refractivity contribution is 7.75. The predicted octanol–water partition coefficient (Wildman–Crippen LogP) is 4.29. The van der Waals surface area contributed by atoms with E-state index < -0.39 is 6.08 Å². The van der Waals surface area contributed by atoms with Crippen LogP contribution in [0.3, 0.4) is 0 Å². The van der Waals surface area contributed by atoms with Crippen LogP contribution in [0, 0.1) is 0 Å². The highest BCUT2D eigenvalue weighted by Gasteiger charge is 2.10. The van der Waals surface area contributed by atoms with Gasteiger partial charge in [0, 0.05) is 30.6 Å². The van der Waals surface area contributed by atoms with Gasteiger partial charge in [-0.3, -0.25) is 0 Å². The molecule has 0 aliphatic heterocycles. The molecule has 2 nitrogen and oxygen atoms in total. The molecule has 1 aromatic rings. The number of halogens is 3. The molecule has 17 heavy (non-hydrogen) atoms. The van der Waals surface area contributed by atoms with E-state index in [1.165, 1.54) is 6.07 Å². The predicted molar refractivity (Wildman–Crippen MR) is 66.2 cm³/mol. The highest BCUT2D eigenvalue weighted by atomic mass is 35.5. The normalized spacial score (nSPS) is 9.94. The lowest BCUT2D eigenvalue weighted by Gasteiger charge is -2.10. The Morgan fingerprint density at radius 2 is 2.18 bits per heavy atom. The molecule has 0 atom stereocenters. The van der Waals surface area contributed by atoms with E-state index in [2.05, 4.69) is 12.9 Å². The third kappa shape index (κ3) is 4.09. The Hall–Kier alpha value is -0.940. The fraction of sp³-hybridized carbons (Fsp3) is 0.273. The van der Waals surface area contributed by atoms with Crippen molar-refractivity contribution >= 4 is 24.5 Å². The SMILES string of the molecule is CCc1cc(OCC=C(F)F)cc(Cl)c1OS. The minimum Gasteiger partial charge on any atom is -0.489 e. The summed E-state index contributed by atoms with van der Waals surface area (Å²) < 4.78 is 33.6. The zero-order chi connectivity index (χ0) is 12.8. The average molecular weight is 281 g/mol. The lowest BCUT2D eigenvalue weighted by atomic mass is 10.1. The number of hydrogen-bond acceptors (Lipinski definition) is 3. The second kappa shape index (κ2) is 6.71. The van der Waals surface area contributed by atoms with Crippen LogP contribution in [0.5, 0.6) is 11.5 Å². The number of benzene rings is 1. The summed E-state index contributed by atoms with van der Waals surface area (Å²) in [6.07, 6.45) is -0.426. The van der Waals surface area contributed by atoms with Gasteiger partial charge in [-0.25, -0.2) is 0 Å². The largest absolute Gasteiger partial charge is 0.489 e. The van der Waals surface area contributed by atoms with E-state index in [-0.39, 0.29) is 6.61 Å². The first-order valence-corrected chi connectivity index (χ1v) is 5.60. The summed E-state index contributed by atoms with van der Waals surface area (Å²) >= 11 is 9.64. The van der Waals surface area contributed by atoms with Crippen molar-refractivity contribution in [2.75, 3.05) is 6.61 Å². The smallest absolute Gasteiger partial charge is 0.269 e. The molecule has 0 N–H and O–H groups in total. The fourth-order valence-electron chi connectivity index (χ4n) is 1.27. The second-order valence-electron chi connectivity index (χ2n) is 3.14. The quantitative estimate of drug-likeness (QED) is 0.641. The van der Waals surface area contributed by atoms with Gasteiger partial charge in [-0.15, -0.1) is 0 Å². The van der Waals surface area contributed by atoms with Crippen molar-refractivity contribution in [3.05, 3.63) is 34.9 Å². The molecule has 0 aliphatic carbocycles. The van der Waals surface area contributed by atoms with Gasteiger partial charge in [0.1, 0.15) is 12.4 Å². The number of thiol groups is 1. The van der Waals surface area contributed by atoms with E-state index in [1.54, 1.807) is 6.07 Å². The Kier molecular flexibility index (Phi) is 5.58. The molecular formula is C11H11ClF2O2S. The van der Waals surface area contributed by atoms with Crippen molar-refractivity contribution in [2.45, 2.75) is 13.3 Å². The molecule has 0 bridgehead atoms. The number of aryl methyl sites for hydroxylation is 1. The summed E-state index contributed by atoms with van der Waals surface area (Å²) in [4.78, 5) is 0. The van der Waals surface area contributed by atoms with Crippen molar-refractivity contribution in [1.29, 1.82) is 0 Å². The topological polar surface area (TPSA) is 18.5 Å². The summed E-state index contributed by atoms with van der Waals surface area (Å²) in [5.41, 5.74) is 0.798. The van der Waals surface area contributed by atoms with Crippen LogP contribution < -0.4 is 8.92 Å². The van der Waals surface area contributed by atoms with Crippen molar-refractivity contribution in [1.82, 2.24) is 0 Å². The van der Waals surface area contributed by atoms with Gasteiger partial charge in [-0.2, -0.15) is 8.78 Å². The zero-order valence-electron chi connectivity index (χ0n) is 9.04. The molecule has 0 radical (unpaired) electrons. The van der Waals surface area contributed by atoms with Crippen molar-refractivity contribution in [3.8, 4) is 11.5 Å². The van der Waals surface area contributed by atoms with Gasteiger partial charge in [0.25, 0.3) is 6.08 Å². The van der Waals surface area contributed by atoms with Gasteiger partial charge in [0.2, 0.25) is 0 Å². The molecule has 0 saturated heterocycles. The third-order valence-corrected chi connectivity index (χ3v) is 2.52. The maximum Gasteiger partial charge on any atom is 0.269 e. The standard InChI is InChI=1S/C11H11ClF2O2S/c1-2-7-5-8(15-4-3-10(13)14)6-9(12)11(7)16-17/h3,5-6,17H,2,4H2,1H3. The van der Waals surface area contributed by atoms with E-state index in [4.69, 9.17) is 20.5 Å². The molecule has 0 spiro atoms. The summed E-state index contributed by atoms with van der Waals surface area (Å²) in [5, 5.41) is 0.332. The molecule has 0 unspecified atom stereocenters. The summed E-state index contributed by atoms with van der Waals surface area (Å²) in [6, 6.07) is 3.18. The number of ether oxygens (including phenoxy) is 1. The summed E-state index contributed by atoms with van der Waals surface area (Å²) in [7, 11) is 0. The molecule has 0 amide bonds. The van der Waals surface area contributed by atoms with Gasteiger partial charge in [-0.05, 0) is 12.5 Å². The zero-order valence-corrected chi connectivity index (χ0v) is 10.7. The monoisotopic (exact) mass is 280 g/mol. The lowest BCUT2D eigenvalue weighted by Crippen LogP contribution is -1.96. The summed E-state index contributed by atoms with van der Waals surface area (Å²) in [5.74, 6) is 0.871. The molecular weight excluding hydrogens is 270 g/mol. The van der Waals surface area contributed by atoms with Gasteiger partial charge < -0.3 is 8.92 Å². The van der Waals surface area contributed by atoms with Crippen LogP contribution in [-0.4, -0.2) is 6.61 Å². The Bertz CT molecular complexity index is 420. The number of hydrogen-bond donors (Lipinski definition) is 1. The average Bonchev–Trinajstić information content (AvgIpc) is 2.27. The van der Waals surface area contributed by atoms with Gasteiger partial charge in [-0.1, -0.05) is 18.5 Å². The molecule has 1 rings (SSSR count). The Morgan fingerprint density at radius 1 is 1.47 bits per heavy atom. The Morgan fingerprint density at radius 3 is 2.71 bits per heavy atom. The molecule has 94 valence electrons. The van der Waals surface area contributed by atoms with Gasteiger partial charge in [0.15, 0.2) is 5.75 Å². The maximum atomic E-state index is 11.8. The van der Waals surface area contributed by atoms with Gasteiger partial charge >= 0.3 is 0 Å². The van der Waals surface area contributed by atoms with Crippen molar-refractivity contribution in [3.63, 3.8) is 0 Å². The Balaban J connectivity index is 2.88. The van der Waals surface area contributed by atoms with Crippen LogP contribution in [0.15, 0.2) is 24.3 Å². The van der Waals surface area contributed by atoms with Crippen molar-refractivity contribution < 1.29 is 17.7 Å². The highest BCUT2D eigenvalue weighted by Crippen LogP contribution is 2.34. The first kappa shape index (κ1) is 14.1. The molecule has 0 aliphatic rings. The van der Waals surface area contributed by atoms with Crippen LogP contribution in [-0.2, 0) is 6.42 Å². The van der Waals surface area contributed by atoms with Gasteiger partial charge in [0.05, 0.1) is 5.02 Å². The molecule has 0 saturated carbocycles. The molecule has 0 fully saturated rings. The molecule has 6 heteroatoms. The number of rotatable bonds is 5. The first-order chi connectivity index (χ1) is 8.08. The van der Waals surface area contributed by atoms with Crippen LogP contribution >= 0.6 is 24.5 Å². The lowest BCUT2D eigenvalue weighted by molar-refractivity contribution is 0.344. The molecule has 0 heterocycles. The molecule has 1 aromatic carbocycles. The minimum atomic E-state index is -1.78. The molecule has 0 aromatic heterocycles. The van der Waals surface area contributed by atoms with E-state index in [0.29, 0.717) is 29.0 Å². The van der Waals surface area contributed by atoms with E-state index >= 15 is 0 Å².